The van der Waals surface area contributed by atoms with Gasteiger partial charge in [0.1, 0.15) is 0 Å². The fourth-order valence-corrected chi connectivity index (χ4v) is 1.39. The quantitative estimate of drug-likeness (QED) is 0.553. The molecular weight excluding hydrogens is 178 g/mol. The number of ether oxygens (including phenoxy) is 1. The number of hydrogen-bond donors (Lipinski definition) is 1. The van der Waals surface area contributed by atoms with Crippen molar-refractivity contribution >= 4 is 5.91 Å². The highest BCUT2D eigenvalue weighted by Crippen LogP contribution is 2.14. The molecule has 0 unspecified atom stereocenters. The van der Waals surface area contributed by atoms with Gasteiger partial charge in [-0.15, -0.1) is 0 Å². The molecular formula is C11H17NO2. The van der Waals surface area contributed by atoms with Crippen molar-refractivity contribution in [3.8, 4) is 0 Å². The van der Waals surface area contributed by atoms with Crippen LogP contribution in [0.5, 0.6) is 0 Å². The van der Waals surface area contributed by atoms with Crippen molar-refractivity contribution in [3.05, 3.63) is 23.6 Å². The molecule has 0 heterocycles. The van der Waals surface area contributed by atoms with Crippen LogP contribution in [0, 0.1) is 0 Å². The van der Waals surface area contributed by atoms with Gasteiger partial charge in [-0.3, -0.25) is 4.79 Å². The van der Waals surface area contributed by atoms with Crippen molar-refractivity contribution in [3.63, 3.8) is 0 Å². The molecule has 1 rings (SSSR count). The van der Waals surface area contributed by atoms with Gasteiger partial charge in [-0.25, -0.2) is 0 Å². The molecule has 0 bridgehead atoms. The first-order valence-corrected chi connectivity index (χ1v) is 4.94. The molecule has 1 aliphatic rings. The summed E-state index contributed by atoms with van der Waals surface area (Å²) in [6.07, 6.45) is 8.01. The average molecular weight is 195 g/mol. The van der Waals surface area contributed by atoms with Crippen LogP contribution in [-0.2, 0) is 9.53 Å². The monoisotopic (exact) mass is 195 g/mol. The minimum atomic E-state index is -0.0995. The van der Waals surface area contributed by atoms with E-state index in [1.54, 1.807) is 14.0 Å². The van der Waals surface area contributed by atoms with Gasteiger partial charge in [0.25, 0.3) is 5.91 Å². The van der Waals surface area contributed by atoms with E-state index >= 15 is 0 Å². The van der Waals surface area contributed by atoms with E-state index in [1.807, 2.05) is 0 Å². The Labute approximate surface area is 84.8 Å². The van der Waals surface area contributed by atoms with Crippen LogP contribution in [0.25, 0.3) is 0 Å². The molecule has 0 aliphatic heterocycles. The van der Waals surface area contributed by atoms with Crippen molar-refractivity contribution in [2.75, 3.05) is 7.11 Å². The average Bonchev–Trinajstić information content (AvgIpc) is 2.19. The van der Waals surface area contributed by atoms with Gasteiger partial charge in [0.2, 0.25) is 0 Å². The Kier molecular flexibility index (Phi) is 4.23. The van der Waals surface area contributed by atoms with Crippen LogP contribution in [0.4, 0.5) is 0 Å². The third-order valence-corrected chi connectivity index (χ3v) is 2.23. The lowest BCUT2D eigenvalue weighted by Gasteiger charge is -2.12. The predicted octanol–water partition coefficient (Wildman–Crippen LogP) is 2.11. The molecule has 0 aromatic carbocycles. The summed E-state index contributed by atoms with van der Waals surface area (Å²) >= 11 is 0. The van der Waals surface area contributed by atoms with Crippen molar-refractivity contribution in [1.82, 2.24) is 5.32 Å². The molecule has 0 atom stereocenters. The predicted molar refractivity (Wildman–Crippen MR) is 55.5 cm³/mol. The Balaban J connectivity index is 2.44. The van der Waals surface area contributed by atoms with Gasteiger partial charge in [-0.05, 0) is 32.6 Å². The fraction of sp³-hybridized carbons (Fsp3) is 0.545. The lowest BCUT2D eigenvalue weighted by atomic mass is 10.0. The van der Waals surface area contributed by atoms with E-state index in [1.165, 1.54) is 18.9 Å². The molecule has 3 nitrogen and oxygen atoms in total. The summed E-state index contributed by atoms with van der Waals surface area (Å²) < 4.78 is 4.89. The highest BCUT2D eigenvalue weighted by atomic mass is 16.5. The summed E-state index contributed by atoms with van der Waals surface area (Å²) in [5, 5.41) is 2.85. The first kappa shape index (κ1) is 10.8. The number of methoxy groups -OCH3 is 1. The zero-order chi connectivity index (χ0) is 10.4. The molecule has 0 saturated carbocycles. The van der Waals surface area contributed by atoms with E-state index in [2.05, 4.69) is 11.4 Å². The summed E-state index contributed by atoms with van der Waals surface area (Å²) in [4.78, 5) is 11.4. The molecule has 0 radical (unpaired) electrons. The highest BCUT2D eigenvalue weighted by molar-refractivity contribution is 5.89. The molecule has 0 aromatic heterocycles. The number of carbonyl (C=O) groups excluding carboxylic acids is 1. The van der Waals surface area contributed by atoms with Gasteiger partial charge in [0, 0.05) is 11.8 Å². The van der Waals surface area contributed by atoms with Crippen LogP contribution in [0.3, 0.4) is 0 Å². The van der Waals surface area contributed by atoms with E-state index in [4.69, 9.17) is 4.74 Å². The number of rotatable bonds is 3. The van der Waals surface area contributed by atoms with Gasteiger partial charge in [-0.2, -0.15) is 0 Å². The van der Waals surface area contributed by atoms with Crippen molar-refractivity contribution in [1.29, 1.82) is 0 Å². The van der Waals surface area contributed by atoms with Gasteiger partial charge in [-0.1, -0.05) is 6.08 Å². The van der Waals surface area contributed by atoms with Crippen LogP contribution in [0.15, 0.2) is 23.6 Å². The second kappa shape index (κ2) is 5.47. The van der Waals surface area contributed by atoms with Crippen LogP contribution in [-0.4, -0.2) is 13.0 Å². The first-order chi connectivity index (χ1) is 6.72. The zero-order valence-electron chi connectivity index (χ0n) is 8.80. The molecule has 3 heteroatoms. The Bertz CT molecular complexity index is 266. The molecule has 1 N–H and O–H groups in total. The summed E-state index contributed by atoms with van der Waals surface area (Å²) in [5.74, 6) is 0.524. The maximum atomic E-state index is 11.4. The summed E-state index contributed by atoms with van der Waals surface area (Å²) in [6.45, 7) is 1.76. The molecule has 1 amide bonds. The van der Waals surface area contributed by atoms with Crippen molar-refractivity contribution < 1.29 is 9.53 Å². The number of carbonyl (C=O) groups is 1. The third kappa shape index (κ3) is 3.64. The first-order valence-electron chi connectivity index (χ1n) is 4.94. The molecule has 78 valence electrons. The standard InChI is InChI=1S/C11H17NO2/c1-9(14-2)8-11(13)12-10-6-4-3-5-7-10/h6,8H,3-5,7H2,1-2H3,(H,12,13)/b9-8+. The lowest BCUT2D eigenvalue weighted by molar-refractivity contribution is -0.116. The summed E-state index contributed by atoms with van der Waals surface area (Å²) in [6, 6.07) is 0. The van der Waals surface area contributed by atoms with Gasteiger partial charge < -0.3 is 10.1 Å². The third-order valence-electron chi connectivity index (χ3n) is 2.23. The second-order valence-corrected chi connectivity index (χ2v) is 3.42. The van der Waals surface area contributed by atoms with E-state index in [-0.39, 0.29) is 5.91 Å². The van der Waals surface area contributed by atoms with E-state index in [9.17, 15) is 4.79 Å². The second-order valence-electron chi connectivity index (χ2n) is 3.42. The van der Waals surface area contributed by atoms with Gasteiger partial charge >= 0.3 is 0 Å². The smallest absolute Gasteiger partial charge is 0.251 e. The number of nitrogens with one attached hydrogen (secondary N) is 1. The van der Waals surface area contributed by atoms with Crippen LogP contribution >= 0.6 is 0 Å². The minimum Gasteiger partial charge on any atom is -0.501 e. The largest absolute Gasteiger partial charge is 0.501 e. The van der Waals surface area contributed by atoms with Crippen LogP contribution in [0.1, 0.15) is 32.6 Å². The fourth-order valence-electron chi connectivity index (χ4n) is 1.39. The molecule has 1 aliphatic carbocycles. The Morgan fingerprint density at radius 1 is 1.57 bits per heavy atom. The van der Waals surface area contributed by atoms with E-state index in [0.29, 0.717) is 5.76 Å². The molecule has 0 aromatic rings. The Morgan fingerprint density at radius 2 is 2.36 bits per heavy atom. The van der Waals surface area contributed by atoms with Gasteiger partial charge in [0.05, 0.1) is 12.9 Å². The molecule has 0 fully saturated rings. The summed E-state index contributed by atoms with van der Waals surface area (Å²) in [5.41, 5.74) is 1.04. The minimum absolute atomic E-state index is 0.0995. The van der Waals surface area contributed by atoms with Crippen molar-refractivity contribution in [2.24, 2.45) is 0 Å². The highest BCUT2D eigenvalue weighted by Gasteiger charge is 2.05. The maximum Gasteiger partial charge on any atom is 0.251 e. The lowest BCUT2D eigenvalue weighted by Crippen LogP contribution is -2.21. The normalized spacial score (nSPS) is 17.3. The van der Waals surface area contributed by atoms with Crippen LogP contribution in [0.2, 0.25) is 0 Å². The number of allylic oxidation sites excluding steroid dienone is 3. The topological polar surface area (TPSA) is 38.3 Å². The molecule has 0 saturated heterocycles. The molecule has 0 spiro atoms. The van der Waals surface area contributed by atoms with E-state index in [0.717, 1.165) is 18.5 Å². The maximum absolute atomic E-state index is 11.4. The SMILES string of the molecule is CO/C(C)=C/C(=O)NC1=CCCCC1. The summed E-state index contributed by atoms with van der Waals surface area (Å²) in [7, 11) is 1.55. The number of hydrogen-bond acceptors (Lipinski definition) is 2. The van der Waals surface area contributed by atoms with Gasteiger partial charge in [0.15, 0.2) is 0 Å². The Morgan fingerprint density at radius 3 is 2.93 bits per heavy atom. The van der Waals surface area contributed by atoms with E-state index < -0.39 is 0 Å². The van der Waals surface area contributed by atoms with Crippen molar-refractivity contribution in [2.45, 2.75) is 32.6 Å². The van der Waals surface area contributed by atoms with Crippen LogP contribution < -0.4 is 5.32 Å². The molecule has 14 heavy (non-hydrogen) atoms. The zero-order valence-corrected chi connectivity index (χ0v) is 8.80. The number of amides is 1. The Hall–Kier alpha value is -1.25.